The largest absolute Gasteiger partial charge is 0.478 e. The van der Waals surface area contributed by atoms with Crippen LogP contribution in [0.5, 0.6) is 0 Å². The highest BCUT2D eigenvalue weighted by atomic mass is 32.2. The van der Waals surface area contributed by atoms with E-state index in [4.69, 9.17) is 0 Å². The quantitative estimate of drug-likeness (QED) is 0.911. The Bertz CT molecular complexity index is 624. The second-order valence-electron chi connectivity index (χ2n) is 4.44. The lowest BCUT2D eigenvalue weighted by Gasteiger charge is -2.30. The molecule has 98 valence electrons. The SMILES string of the molecule is O=C(O)c1cnc2ccccc2c1N1CCSCC1. The summed E-state index contributed by atoms with van der Waals surface area (Å²) in [4.78, 5) is 17.9. The van der Waals surface area contributed by atoms with E-state index >= 15 is 0 Å². The van der Waals surface area contributed by atoms with Gasteiger partial charge in [0.05, 0.1) is 11.2 Å². The Kier molecular flexibility index (Phi) is 3.29. The lowest BCUT2D eigenvalue weighted by Crippen LogP contribution is -2.33. The molecule has 1 aliphatic heterocycles. The van der Waals surface area contributed by atoms with E-state index in [2.05, 4.69) is 9.88 Å². The molecule has 1 aromatic heterocycles. The van der Waals surface area contributed by atoms with Crippen molar-refractivity contribution in [2.24, 2.45) is 0 Å². The number of carboxylic acids is 1. The van der Waals surface area contributed by atoms with Gasteiger partial charge in [-0.1, -0.05) is 18.2 Å². The fourth-order valence-corrected chi connectivity index (χ4v) is 3.31. The van der Waals surface area contributed by atoms with Crippen LogP contribution in [0, 0.1) is 0 Å². The standard InChI is InChI=1S/C14H14N2O2S/c17-14(18)11-9-15-12-4-2-1-3-10(12)13(11)16-5-7-19-8-6-16/h1-4,9H,5-8H2,(H,17,18). The Morgan fingerprint density at radius 1 is 1.26 bits per heavy atom. The second kappa shape index (κ2) is 5.09. The molecule has 0 spiro atoms. The van der Waals surface area contributed by atoms with E-state index < -0.39 is 5.97 Å². The summed E-state index contributed by atoms with van der Waals surface area (Å²) in [6.07, 6.45) is 1.47. The number of nitrogens with zero attached hydrogens (tertiary/aromatic N) is 2. The number of anilines is 1. The third kappa shape index (κ3) is 2.26. The molecule has 1 N–H and O–H groups in total. The number of para-hydroxylation sites is 1. The predicted molar refractivity (Wildman–Crippen MR) is 78.2 cm³/mol. The molecule has 0 bridgehead atoms. The van der Waals surface area contributed by atoms with E-state index in [-0.39, 0.29) is 0 Å². The number of carbonyl (C=O) groups is 1. The second-order valence-corrected chi connectivity index (χ2v) is 5.67. The molecule has 2 aromatic rings. The molecule has 0 aliphatic carbocycles. The van der Waals surface area contributed by atoms with Gasteiger partial charge in [0.1, 0.15) is 5.56 Å². The van der Waals surface area contributed by atoms with Crippen molar-refractivity contribution in [3.8, 4) is 0 Å². The third-order valence-corrected chi connectivity index (χ3v) is 4.25. The summed E-state index contributed by atoms with van der Waals surface area (Å²) in [6, 6.07) is 7.72. The molecule has 1 aromatic carbocycles. The van der Waals surface area contributed by atoms with E-state index in [0.29, 0.717) is 5.56 Å². The van der Waals surface area contributed by atoms with Crippen LogP contribution in [-0.4, -0.2) is 40.7 Å². The molecule has 4 nitrogen and oxygen atoms in total. The molecule has 1 aliphatic rings. The Balaban J connectivity index is 2.21. The first kappa shape index (κ1) is 12.3. The Morgan fingerprint density at radius 2 is 2.00 bits per heavy atom. The van der Waals surface area contributed by atoms with Gasteiger partial charge in [-0.2, -0.15) is 11.8 Å². The summed E-state index contributed by atoms with van der Waals surface area (Å²) in [5.74, 6) is 1.16. The first-order valence-corrected chi connectivity index (χ1v) is 7.36. The molecule has 0 amide bonds. The number of aromatic carboxylic acids is 1. The highest BCUT2D eigenvalue weighted by Gasteiger charge is 2.21. The predicted octanol–water partition coefficient (Wildman–Crippen LogP) is 2.49. The normalized spacial score (nSPS) is 15.7. The fourth-order valence-electron chi connectivity index (χ4n) is 2.41. The molecular formula is C14H14N2O2S. The summed E-state index contributed by atoms with van der Waals surface area (Å²) in [5, 5.41) is 10.3. The number of hydrogen-bond acceptors (Lipinski definition) is 4. The molecule has 5 heteroatoms. The van der Waals surface area contributed by atoms with Gasteiger partial charge in [-0.3, -0.25) is 4.98 Å². The number of carboxylic acid groups (broad SMARTS) is 1. The van der Waals surface area contributed by atoms with Gasteiger partial charge in [-0.15, -0.1) is 0 Å². The molecule has 0 unspecified atom stereocenters. The highest BCUT2D eigenvalue weighted by molar-refractivity contribution is 7.99. The number of benzene rings is 1. The van der Waals surface area contributed by atoms with Gasteiger partial charge in [-0.25, -0.2) is 4.79 Å². The van der Waals surface area contributed by atoms with Crippen LogP contribution in [0.2, 0.25) is 0 Å². The zero-order valence-corrected chi connectivity index (χ0v) is 11.2. The molecule has 0 atom stereocenters. The van der Waals surface area contributed by atoms with Crippen LogP contribution in [0.4, 0.5) is 5.69 Å². The molecule has 2 heterocycles. The lowest BCUT2D eigenvalue weighted by molar-refractivity contribution is 0.0697. The number of fused-ring (bicyclic) bond motifs is 1. The zero-order chi connectivity index (χ0) is 13.2. The highest BCUT2D eigenvalue weighted by Crippen LogP contribution is 2.31. The summed E-state index contributed by atoms with van der Waals surface area (Å²) >= 11 is 1.91. The van der Waals surface area contributed by atoms with E-state index in [1.807, 2.05) is 36.0 Å². The molecular weight excluding hydrogens is 260 g/mol. The first-order valence-electron chi connectivity index (χ1n) is 6.21. The van der Waals surface area contributed by atoms with Crippen molar-refractivity contribution in [2.75, 3.05) is 29.5 Å². The molecule has 19 heavy (non-hydrogen) atoms. The Morgan fingerprint density at radius 3 is 2.74 bits per heavy atom. The van der Waals surface area contributed by atoms with E-state index in [9.17, 15) is 9.90 Å². The van der Waals surface area contributed by atoms with Gasteiger partial charge in [0.25, 0.3) is 0 Å². The van der Waals surface area contributed by atoms with Gasteiger partial charge in [-0.05, 0) is 6.07 Å². The maximum absolute atomic E-state index is 11.4. The topological polar surface area (TPSA) is 53.4 Å². The van der Waals surface area contributed by atoms with Crippen molar-refractivity contribution in [1.82, 2.24) is 4.98 Å². The zero-order valence-electron chi connectivity index (χ0n) is 10.4. The molecule has 1 saturated heterocycles. The minimum atomic E-state index is -0.911. The van der Waals surface area contributed by atoms with Gasteiger partial charge < -0.3 is 10.0 Å². The molecule has 3 rings (SSSR count). The number of hydrogen-bond donors (Lipinski definition) is 1. The smallest absolute Gasteiger partial charge is 0.339 e. The van der Waals surface area contributed by atoms with E-state index in [1.54, 1.807) is 0 Å². The van der Waals surface area contributed by atoms with Crippen molar-refractivity contribution in [3.63, 3.8) is 0 Å². The maximum Gasteiger partial charge on any atom is 0.339 e. The Labute approximate surface area is 115 Å². The van der Waals surface area contributed by atoms with Gasteiger partial charge >= 0.3 is 5.97 Å². The first-order chi connectivity index (χ1) is 9.27. The van der Waals surface area contributed by atoms with Crippen LogP contribution in [0.1, 0.15) is 10.4 Å². The minimum Gasteiger partial charge on any atom is -0.478 e. The average Bonchev–Trinajstić information content (AvgIpc) is 2.46. The minimum absolute atomic E-state index is 0.297. The number of rotatable bonds is 2. The van der Waals surface area contributed by atoms with E-state index in [0.717, 1.165) is 41.2 Å². The van der Waals surface area contributed by atoms with Crippen molar-refractivity contribution in [3.05, 3.63) is 36.0 Å². The van der Waals surface area contributed by atoms with Crippen molar-refractivity contribution in [2.45, 2.75) is 0 Å². The Hall–Kier alpha value is -1.75. The van der Waals surface area contributed by atoms with Crippen LogP contribution >= 0.6 is 11.8 Å². The van der Waals surface area contributed by atoms with Crippen LogP contribution in [-0.2, 0) is 0 Å². The summed E-state index contributed by atoms with van der Waals surface area (Å²) in [7, 11) is 0. The van der Waals surface area contributed by atoms with Gasteiger partial charge in [0.2, 0.25) is 0 Å². The van der Waals surface area contributed by atoms with Crippen LogP contribution in [0.3, 0.4) is 0 Å². The lowest BCUT2D eigenvalue weighted by atomic mass is 10.1. The van der Waals surface area contributed by atoms with Gasteiger partial charge in [0, 0.05) is 36.2 Å². The average molecular weight is 274 g/mol. The number of pyridine rings is 1. The third-order valence-electron chi connectivity index (χ3n) is 3.30. The van der Waals surface area contributed by atoms with Crippen LogP contribution in [0.25, 0.3) is 10.9 Å². The van der Waals surface area contributed by atoms with Crippen molar-refractivity contribution >= 4 is 34.3 Å². The van der Waals surface area contributed by atoms with Gasteiger partial charge in [0.15, 0.2) is 0 Å². The summed E-state index contributed by atoms with van der Waals surface area (Å²) < 4.78 is 0. The number of thioether (sulfide) groups is 1. The number of aromatic nitrogens is 1. The van der Waals surface area contributed by atoms with Crippen LogP contribution in [0.15, 0.2) is 30.5 Å². The fraction of sp³-hybridized carbons (Fsp3) is 0.286. The van der Waals surface area contributed by atoms with Crippen molar-refractivity contribution in [1.29, 1.82) is 0 Å². The monoisotopic (exact) mass is 274 g/mol. The summed E-state index contributed by atoms with van der Waals surface area (Å²) in [6.45, 7) is 1.78. The van der Waals surface area contributed by atoms with Crippen LogP contribution < -0.4 is 4.90 Å². The summed E-state index contributed by atoms with van der Waals surface area (Å²) in [5.41, 5.74) is 1.96. The van der Waals surface area contributed by atoms with E-state index in [1.165, 1.54) is 6.20 Å². The van der Waals surface area contributed by atoms with Crippen molar-refractivity contribution < 1.29 is 9.90 Å². The maximum atomic E-state index is 11.4. The molecule has 1 fully saturated rings. The molecule has 0 radical (unpaired) electrons. The molecule has 0 saturated carbocycles.